The summed E-state index contributed by atoms with van der Waals surface area (Å²) in [6, 6.07) is 12.0. The Balaban J connectivity index is 1.61. The summed E-state index contributed by atoms with van der Waals surface area (Å²) in [7, 11) is 1.53. The van der Waals surface area contributed by atoms with Gasteiger partial charge in [0.15, 0.2) is 5.82 Å². The van der Waals surface area contributed by atoms with Crippen LogP contribution in [0.3, 0.4) is 0 Å². The zero-order valence-electron chi connectivity index (χ0n) is 15.7. The second-order valence-corrected chi connectivity index (χ2v) is 6.66. The minimum Gasteiger partial charge on any atom is -0.495 e. The first-order valence-corrected chi connectivity index (χ1v) is 9.00. The van der Waals surface area contributed by atoms with Crippen LogP contribution in [0.15, 0.2) is 42.5 Å². The second kappa shape index (κ2) is 8.71. The minimum absolute atomic E-state index is 0.145. The molecule has 9 heteroatoms. The summed E-state index contributed by atoms with van der Waals surface area (Å²) in [5, 5.41) is 14.8. The fourth-order valence-electron chi connectivity index (χ4n) is 2.51. The van der Waals surface area contributed by atoms with Gasteiger partial charge in [-0.1, -0.05) is 11.6 Å². The molecule has 1 N–H and O–H groups in total. The second-order valence-electron chi connectivity index (χ2n) is 6.25. The van der Waals surface area contributed by atoms with Gasteiger partial charge in [0, 0.05) is 11.3 Å². The number of nitrogens with zero attached hydrogens (tertiary/aromatic N) is 4. The molecule has 0 bridgehead atoms. The van der Waals surface area contributed by atoms with Crippen molar-refractivity contribution in [3.63, 3.8) is 0 Å². The number of aromatic nitrogens is 4. The van der Waals surface area contributed by atoms with Crippen LogP contribution in [0, 0.1) is 0 Å². The van der Waals surface area contributed by atoms with Gasteiger partial charge in [-0.15, -0.1) is 5.10 Å². The summed E-state index contributed by atoms with van der Waals surface area (Å²) < 4.78 is 12.5. The smallest absolute Gasteiger partial charge is 0.255 e. The maximum Gasteiger partial charge on any atom is 0.255 e. The third-order valence-corrected chi connectivity index (χ3v) is 4.24. The van der Waals surface area contributed by atoms with Crippen LogP contribution in [0.1, 0.15) is 36.1 Å². The number of benzene rings is 2. The lowest BCUT2D eigenvalue weighted by Gasteiger charge is -2.10. The molecule has 0 radical (unpaired) electrons. The number of carbonyl (C=O) groups excluding carboxylic acids is 1. The van der Waals surface area contributed by atoms with Crippen molar-refractivity contribution < 1.29 is 14.3 Å². The van der Waals surface area contributed by atoms with Gasteiger partial charge < -0.3 is 14.8 Å². The Bertz CT molecular complexity index is 956. The van der Waals surface area contributed by atoms with Crippen molar-refractivity contribution in [2.24, 2.45) is 0 Å². The average Bonchev–Trinajstić information content (AvgIpc) is 3.16. The lowest BCUT2D eigenvalue weighted by molar-refractivity contribution is 0.102. The Morgan fingerprint density at radius 2 is 1.96 bits per heavy atom. The largest absolute Gasteiger partial charge is 0.495 e. The van der Waals surface area contributed by atoms with Crippen LogP contribution in [0.2, 0.25) is 5.02 Å². The lowest BCUT2D eigenvalue weighted by Crippen LogP contribution is -2.12. The van der Waals surface area contributed by atoms with Gasteiger partial charge in [0.2, 0.25) is 0 Å². The Labute approximate surface area is 167 Å². The topological polar surface area (TPSA) is 91.2 Å². The van der Waals surface area contributed by atoms with E-state index >= 15 is 0 Å². The zero-order chi connectivity index (χ0) is 20.1. The lowest BCUT2D eigenvalue weighted by atomic mass is 10.2. The molecule has 146 valence electrons. The predicted octanol–water partition coefficient (Wildman–Crippen LogP) is 3.75. The predicted molar refractivity (Wildman–Crippen MR) is 105 cm³/mol. The van der Waals surface area contributed by atoms with E-state index in [1.807, 2.05) is 13.8 Å². The molecule has 2 aromatic carbocycles. The standard InChI is InChI=1S/C19H20ClN5O3/c1-12(2)25-18(22-23-24-25)11-28-15-7-4-13(5-8-15)19(26)21-14-6-9-17(27-3)16(20)10-14/h4-10,12H,11H2,1-3H3,(H,21,26). The maximum atomic E-state index is 12.4. The third kappa shape index (κ3) is 4.58. The van der Waals surface area contributed by atoms with E-state index in [0.717, 1.165) is 0 Å². The van der Waals surface area contributed by atoms with Crippen molar-refractivity contribution in [2.45, 2.75) is 26.5 Å². The van der Waals surface area contributed by atoms with Crippen LogP contribution in [0.4, 0.5) is 5.69 Å². The molecule has 0 saturated carbocycles. The fraction of sp³-hybridized carbons (Fsp3) is 0.263. The van der Waals surface area contributed by atoms with Crippen LogP contribution in [0.25, 0.3) is 0 Å². The van der Waals surface area contributed by atoms with E-state index in [4.69, 9.17) is 21.1 Å². The van der Waals surface area contributed by atoms with Crippen LogP contribution < -0.4 is 14.8 Å². The molecule has 1 amide bonds. The summed E-state index contributed by atoms with van der Waals surface area (Å²) in [4.78, 5) is 12.4. The molecule has 0 unspecified atom stereocenters. The molecular formula is C19H20ClN5O3. The third-order valence-electron chi connectivity index (χ3n) is 3.94. The molecule has 0 aliphatic rings. The molecule has 28 heavy (non-hydrogen) atoms. The van der Waals surface area contributed by atoms with Crippen LogP contribution in [-0.4, -0.2) is 33.2 Å². The van der Waals surface area contributed by atoms with Gasteiger partial charge in [0.05, 0.1) is 18.2 Å². The number of anilines is 1. The number of amides is 1. The SMILES string of the molecule is COc1ccc(NC(=O)c2ccc(OCc3nnnn3C(C)C)cc2)cc1Cl. The molecule has 0 spiro atoms. The summed E-state index contributed by atoms with van der Waals surface area (Å²) in [6.45, 7) is 4.22. The Morgan fingerprint density at radius 1 is 1.21 bits per heavy atom. The molecule has 0 fully saturated rings. The Hall–Kier alpha value is -3.13. The number of methoxy groups -OCH3 is 1. The first-order chi connectivity index (χ1) is 13.5. The van der Waals surface area contributed by atoms with Gasteiger partial charge in [0.1, 0.15) is 18.1 Å². The number of carbonyl (C=O) groups is 1. The molecule has 0 saturated heterocycles. The summed E-state index contributed by atoms with van der Waals surface area (Å²) in [6.07, 6.45) is 0. The first-order valence-electron chi connectivity index (χ1n) is 8.62. The first kappa shape index (κ1) is 19.6. The van der Waals surface area contributed by atoms with E-state index in [0.29, 0.717) is 33.6 Å². The molecular weight excluding hydrogens is 382 g/mol. The number of hydrogen-bond donors (Lipinski definition) is 1. The normalized spacial score (nSPS) is 10.8. The number of tetrazole rings is 1. The van der Waals surface area contributed by atoms with Crippen LogP contribution >= 0.6 is 11.6 Å². The van der Waals surface area contributed by atoms with Crippen LogP contribution in [0.5, 0.6) is 11.5 Å². The van der Waals surface area contributed by atoms with E-state index in [9.17, 15) is 4.79 Å². The Morgan fingerprint density at radius 3 is 2.61 bits per heavy atom. The average molecular weight is 402 g/mol. The monoisotopic (exact) mass is 401 g/mol. The molecule has 0 atom stereocenters. The molecule has 0 aliphatic heterocycles. The molecule has 8 nitrogen and oxygen atoms in total. The molecule has 1 aromatic heterocycles. The molecule has 1 heterocycles. The summed E-state index contributed by atoms with van der Waals surface area (Å²) in [5.74, 6) is 1.54. The van der Waals surface area contributed by atoms with Gasteiger partial charge in [-0.25, -0.2) is 4.68 Å². The molecule has 0 aliphatic carbocycles. The van der Waals surface area contributed by atoms with Crippen molar-refractivity contribution in [1.29, 1.82) is 0 Å². The summed E-state index contributed by atoms with van der Waals surface area (Å²) in [5.41, 5.74) is 1.07. The number of hydrogen-bond acceptors (Lipinski definition) is 6. The number of ether oxygens (including phenoxy) is 2. The van der Waals surface area contributed by atoms with Gasteiger partial charge in [-0.05, 0) is 66.7 Å². The number of rotatable bonds is 7. The van der Waals surface area contributed by atoms with Gasteiger partial charge in [-0.2, -0.15) is 0 Å². The van der Waals surface area contributed by atoms with E-state index in [-0.39, 0.29) is 18.6 Å². The highest BCUT2D eigenvalue weighted by Crippen LogP contribution is 2.27. The van der Waals surface area contributed by atoms with E-state index < -0.39 is 0 Å². The van der Waals surface area contributed by atoms with Crippen LogP contribution in [-0.2, 0) is 6.61 Å². The number of halogens is 1. The molecule has 3 rings (SSSR count). The molecule has 3 aromatic rings. The van der Waals surface area contributed by atoms with Crippen molar-refractivity contribution in [1.82, 2.24) is 20.2 Å². The fourth-order valence-corrected chi connectivity index (χ4v) is 2.76. The van der Waals surface area contributed by atoms with Crippen molar-refractivity contribution in [2.75, 3.05) is 12.4 Å². The van der Waals surface area contributed by atoms with E-state index in [1.54, 1.807) is 47.1 Å². The minimum atomic E-state index is -0.253. The maximum absolute atomic E-state index is 12.4. The van der Waals surface area contributed by atoms with E-state index in [2.05, 4.69) is 20.8 Å². The van der Waals surface area contributed by atoms with Crippen molar-refractivity contribution in [3.8, 4) is 11.5 Å². The van der Waals surface area contributed by atoms with E-state index in [1.165, 1.54) is 7.11 Å². The van der Waals surface area contributed by atoms with Gasteiger partial charge in [-0.3, -0.25) is 4.79 Å². The highest BCUT2D eigenvalue weighted by Gasteiger charge is 2.11. The quantitative estimate of drug-likeness (QED) is 0.648. The van der Waals surface area contributed by atoms with Crippen molar-refractivity contribution >= 4 is 23.2 Å². The number of nitrogens with one attached hydrogen (secondary N) is 1. The highest BCUT2D eigenvalue weighted by atomic mass is 35.5. The Kier molecular flexibility index (Phi) is 6.10. The van der Waals surface area contributed by atoms with Gasteiger partial charge in [0.25, 0.3) is 5.91 Å². The highest BCUT2D eigenvalue weighted by molar-refractivity contribution is 6.32. The zero-order valence-corrected chi connectivity index (χ0v) is 16.5. The van der Waals surface area contributed by atoms with Gasteiger partial charge >= 0.3 is 0 Å². The van der Waals surface area contributed by atoms with Crippen molar-refractivity contribution in [3.05, 3.63) is 58.9 Å². The summed E-state index contributed by atoms with van der Waals surface area (Å²) >= 11 is 6.08.